The number of sulfonamides is 1. The normalized spacial score (nSPS) is 11.2. The molecule has 1 aromatic heterocycles. The van der Waals surface area contributed by atoms with Crippen molar-refractivity contribution in [1.29, 1.82) is 0 Å². The largest absolute Gasteiger partial charge is 0.455 e. The molecule has 4 aromatic rings. The SMILES string of the molecule is CCN(c1ccccc1)S(=O)(=O)c1cccc(C(=O)OCc2nc(-c3ccccc3)oc2C)c1. The number of rotatable bonds is 8. The van der Waals surface area contributed by atoms with Crippen molar-refractivity contribution < 1.29 is 22.4 Å². The minimum atomic E-state index is -3.86. The molecule has 0 saturated carbocycles. The number of carbonyl (C=O) groups excluding carboxylic acids is 1. The molecule has 0 atom stereocenters. The average Bonchev–Trinajstić information content (AvgIpc) is 3.24. The molecule has 0 bridgehead atoms. The molecule has 174 valence electrons. The first-order chi connectivity index (χ1) is 16.4. The zero-order chi connectivity index (χ0) is 24.1. The van der Waals surface area contributed by atoms with E-state index >= 15 is 0 Å². The quantitative estimate of drug-likeness (QED) is 0.324. The van der Waals surface area contributed by atoms with Gasteiger partial charge in [-0.2, -0.15) is 0 Å². The summed E-state index contributed by atoms with van der Waals surface area (Å²) in [5.41, 5.74) is 2.00. The summed E-state index contributed by atoms with van der Waals surface area (Å²) in [6.45, 7) is 3.66. The summed E-state index contributed by atoms with van der Waals surface area (Å²) < 4.78 is 38.9. The van der Waals surface area contributed by atoms with Crippen LogP contribution in [-0.4, -0.2) is 25.9 Å². The fourth-order valence-electron chi connectivity index (χ4n) is 3.48. The number of aromatic nitrogens is 1. The van der Waals surface area contributed by atoms with Crippen molar-refractivity contribution in [2.24, 2.45) is 0 Å². The van der Waals surface area contributed by atoms with Crippen molar-refractivity contribution in [3.63, 3.8) is 0 Å². The van der Waals surface area contributed by atoms with Crippen molar-refractivity contribution in [3.05, 3.63) is 102 Å². The zero-order valence-electron chi connectivity index (χ0n) is 18.8. The summed E-state index contributed by atoms with van der Waals surface area (Å²) in [6, 6.07) is 24.1. The molecule has 0 aliphatic heterocycles. The maximum atomic E-state index is 13.3. The summed E-state index contributed by atoms with van der Waals surface area (Å²) in [6.07, 6.45) is 0. The number of nitrogens with zero attached hydrogens (tertiary/aromatic N) is 2. The summed E-state index contributed by atoms with van der Waals surface area (Å²) in [5.74, 6) is 0.339. The number of para-hydroxylation sites is 1. The first-order valence-electron chi connectivity index (χ1n) is 10.8. The lowest BCUT2D eigenvalue weighted by Crippen LogP contribution is -2.30. The van der Waals surface area contributed by atoms with Gasteiger partial charge in [0.15, 0.2) is 0 Å². The van der Waals surface area contributed by atoms with Crippen LogP contribution in [-0.2, 0) is 21.4 Å². The van der Waals surface area contributed by atoms with Crippen LogP contribution in [0.4, 0.5) is 5.69 Å². The van der Waals surface area contributed by atoms with E-state index in [1.807, 2.05) is 36.4 Å². The Morgan fingerprint density at radius 1 is 0.971 bits per heavy atom. The standard InChI is InChI=1S/C26H24N2O5S/c1-3-28(22-14-8-5-9-15-22)34(30,31)23-16-10-13-21(17-23)26(29)32-18-24-19(2)33-25(27-24)20-11-6-4-7-12-20/h4-17H,3,18H2,1-2H3. The second-order valence-corrected chi connectivity index (χ2v) is 9.36. The number of ether oxygens (including phenoxy) is 1. The van der Waals surface area contributed by atoms with Gasteiger partial charge in [-0.05, 0) is 56.3 Å². The predicted molar refractivity (Wildman–Crippen MR) is 129 cm³/mol. The lowest BCUT2D eigenvalue weighted by molar-refractivity contribution is 0.0466. The van der Waals surface area contributed by atoms with E-state index in [-0.39, 0.29) is 23.6 Å². The maximum Gasteiger partial charge on any atom is 0.338 e. The van der Waals surface area contributed by atoms with Crippen molar-refractivity contribution >= 4 is 21.7 Å². The minimum Gasteiger partial charge on any atom is -0.455 e. The minimum absolute atomic E-state index is 0.0108. The number of aryl methyl sites for hydroxylation is 1. The van der Waals surface area contributed by atoms with Crippen LogP contribution in [0.1, 0.15) is 28.7 Å². The fourth-order valence-corrected chi connectivity index (χ4v) is 5.00. The van der Waals surface area contributed by atoms with Gasteiger partial charge in [0.05, 0.1) is 16.1 Å². The predicted octanol–water partition coefficient (Wildman–Crippen LogP) is 5.22. The average molecular weight is 477 g/mol. The van der Waals surface area contributed by atoms with Gasteiger partial charge in [-0.15, -0.1) is 0 Å². The molecule has 0 aliphatic rings. The number of hydrogen-bond donors (Lipinski definition) is 0. The fraction of sp³-hybridized carbons (Fsp3) is 0.154. The molecule has 0 fully saturated rings. The van der Waals surface area contributed by atoms with Gasteiger partial charge in [0.1, 0.15) is 18.1 Å². The molecule has 0 unspecified atom stereocenters. The van der Waals surface area contributed by atoms with Crippen molar-refractivity contribution in [3.8, 4) is 11.5 Å². The third kappa shape index (κ3) is 4.87. The highest BCUT2D eigenvalue weighted by molar-refractivity contribution is 7.92. The number of benzene rings is 3. The molecular weight excluding hydrogens is 452 g/mol. The highest BCUT2D eigenvalue weighted by Gasteiger charge is 2.25. The number of hydrogen-bond acceptors (Lipinski definition) is 6. The molecule has 1 heterocycles. The van der Waals surface area contributed by atoms with Crippen LogP contribution in [0, 0.1) is 6.92 Å². The van der Waals surface area contributed by atoms with Gasteiger partial charge in [0.25, 0.3) is 10.0 Å². The summed E-state index contributed by atoms with van der Waals surface area (Å²) in [5, 5.41) is 0. The van der Waals surface area contributed by atoms with Crippen LogP contribution in [0.15, 0.2) is 94.2 Å². The van der Waals surface area contributed by atoms with Crippen LogP contribution in [0.2, 0.25) is 0 Å². The first kappa shape index (κ1) is 23.3. The lowest BCUT2D eigenvalue weighted by atomic mass is 10.2. The van der Waals surface area contributed by atoms with Gasteiger partial charge in [-0.3, -0.25) is 4.31 Å². The van der Waals surface area contributed by atoms with E-state index in [1.54, 1.807) is 38.1 Å². The lowest BCUT2D eigenvalue weighted by Gasteiger charge is -2.23. The molecule has 3 aromatic carbocycles. The molecule has 4 rings (SSSR count). The summed E-state index contributed by atoms with van der Waals surface area (Å²) in [7, 11) is -3.86. The Hall–Kier alpha value is -3.91. The Balaban J connectivity index is 1.51. The number of esters is 1. The van der Waals surface area contributed by atoms with E-state index in [2.05, 4.69) is 4.98 Å². The molecular formula is C26H24N2O5S. The van der Waals surface area contributed by atoms with Crippen molar-refractivity contribution in [2.45, 2.75) is 25.3 Å². The molecule has 7 nitrogen and oxygen atoms in total. The molecule has 0 saturated heterocycles. The molecule has 0 N–H and O–H groups in total. The van der Waals surface area contributed by atoms with Gasteiger partial charge >= 0.3 is 5.97 Å². The Morgan fingerprint density at radius 2 is 1.65 bits per heavy atom. The number of carbonyl (C=O) groups is 1. The van der Waals surface area contributed by atoms with Crippen LogP contribution in [0.5, 0.6) is 0 Å². The molecule has 0 aliphatic carbocycles. The Labute approximate surface area is 198 Å². The van der Waals surface area contributed by atoms with Crippen LogP contribution in [0.3, 0.4) is 0 Å². The highest BCUT2D eigenvalue weighted by Crippen LogP contribution is 2.25. The van der Waals surface area contributed by atoms with Crippen molar-refractivity contribution in [2.75, 3.05) is 10.8 Å². The maximum absolute atomic E-state index is 13.3. The summed E-state index contributed by atoms with van der Waals surface area (Å²) >= 11 is 0. The third-order valence-corrected chi connectivity index (χ3v) is 7.14. The molecule has 34 heavy (non-hydrogen) atoms. The Morgan fingerprint density at radius 3 is 2.32 bits per heavy atom. The summed E-state index contributed by atoms with van der Waals surface area (Å²) in [4.78, 5) is 17.1. The molecule has 0 spiro atoms. The van der Waals surface area contributed by atoms with Gasteiger partial charge < -0.3 is 9.15 Å². The van der Waals surface area contributed by atoms with Crippen LogP contribution >= 0.6 is 0 Å². The Kier molecular flexibility index (Phi) is 6.79. The smallest absolute Gasteiger partial charge is 0.338 e. The van der Waals surface area contributed by atoms with E-state index in [1.165, 1.54) is 28.6 Å². The third-order valence-electron chi connectivity index (χ3n) is 5.24. The monoisotopic (exact) mass is 476 g/mol. The van der Waals surface area contributed by atoms with E-state index in [4.69, 9.17) is 9.15 Å². The topological polar surface area (TPSA) is 89.7 Å². The highest BCUT2D eigenvalue weighted by atomic mass is 32.2. The molecule has 0 amide bonds. The van der Waals surface area contributed by atoms with E-state index < -0.39 is 16.0 Å². The van der Waals surface area contributed by atoms with Gasteiger partial charge in [0, 0.05) is 12.1 Å². The number of oxazole rings is 1. The van der Waals surface area contributed by atoms with E-state index in [0.717, 1.165) is 5.56 Å². The first-order valence-corrected chi connectivity index (χ1v) is 12.2. The van der Waals surface area contributed by atoms with Crippen molar-refractivity contribution in [1.82, 2.24) is 4.98 Å². The van der Waals surface area contributed by atoms with E-state index in [0.29, 0.717) is 23.0 Å². The zero-order valence-corrected chi connectivity index (χ0v) is 19.7. The van der Waals surface area contributed by atoms with E-state index in [9.17, 15) is 13.2 Å². The van der Waals surface area contributed by atoms with Gasteiger partial charge in [-0.25, -0.2) is 18.2 Å². The van der Waals surface area contributed by atoms with Crippen LogP contribution < -0.4 is 4.31 Å². The second-order valence-electron chi connectivity index (χ2n) is 7.50. The van der Waals surface area contributed by atoms with Crippen LogP contribution in [0.25, 0.3) is 11.5 Å². The number of anilines is 1. The molecule has 0 radical (unpaired) electrons. The Bertz CT molecular complexity index is 1380. The second kappa shape index (κ2) is 9.93. The van der Waals surface area contributed by atoms with Gasteiger partial charge in [-0.1, -0.05) is 42.5 Å². The molecule has 8 heteroatoms. The van der Waals surface area contributed by atoms with Gasteiger partial charge in [0.2, 0.25) is 5.89 Å².